The second-order valence-electron chi connectivity index (χ2n) is 2.91. The largest absolute Gasteiger partial charge is 0.390 e. The van der Waals surface area contributed by atoms with Crippen molar-refractivity contribution in [2.45, 2.75) is 6.61 Å². The van der Waals surface area contributed by atoms with E-state index in [-0.39, 0.29) is 12.4 Å². The van der Waals surface area contributed by atoms with Gasteiger partial charge in [0.05, 0.1) is 16.1 Å². The molecule has 1 aromatic carbocycles. The first-order chi connectivity index (χ1) is 7.20. The maximum absolute atomic E-state index is 13.0. The van der Waals surface area contributed by atoms with Crippen LogP contribution in [0.3, 0.4) is 0 Å². The Labute approximate surface area is 98.5 Å². The van der Waals surface area contributed by atoms with E-state index in [0.29, 0.717) is 10.7 Å². The van der Waals surface area contributed by atoms with Crippen LogP contribution in [0.5, 0.6) is 0 Å². The monoisotopic (exact) mass is 287 g/mol. The van der Waals surface area contributed by atoms with Crippen molar-refractivity contribution >= 4 is 27.3 Å². The summed E-state index contributed by atoms with van der Waals surface area (Å²) in [5.41, 5.74) is 1.31. The molecule has 1 N–H and O–H groups in total. The van der Waals surface area contributed by atoms with Gasteiger partial charge in [0.15, 0.2) is 0 Å². The predicted octanol–water partition coefficient (Wildman–Crippen LogP) is 3.20. The molecular weight excluding hydrogens is 281 g/mol. The summed E-state index contributed by atoms with van der Waals surface area (Å²) in [6.07, 6.45) is 0. The van der Waals surface area contributed by atoms with Crippen LogP contribution in [-0.2, 0) is 6.61 Å². The number of thiazole rings is 1. The van der Waals surface area contributed by atoms with Crippen LogP contribution in [0.2, 0.25) is 0 Å². The molecule has 0 unspecified atom stereocenters. The van der Waals surface area contributed by atoms with Gasteiger partial charge in [-0.2, -0.15) is 0 Å². The number of hydrogen-bond acceptors (Lipinski definition) is 3. The first-order valence-electron chi connectivity index (χ1n) is 4.22. The van der Waals surface area contributed by atoms with E-state index in [9.17, 15) is 4.39 Å². The molecular formula is C10H7BrFNOS. The van der Waals surface area contributed by atoms with Crippen LogP contribution >= 0.6 is 27.3 Å². The van der Waals surface area contributed by atoms with Gasteiger partial charge in [0.1, 0.15) is 10.8 Å². The Kier molecular flexibility index (Phi) is 3.14. The summed E-state index contributed by atoms with van der Waals surface area (Å²) in [4.78, 5) is 4.19. The van der Waals surface area contributed by atoms with E-state index in [0.717, 1.165) is 9.35 Å². The number of aromatic nitrogens is 1. The van der Waals surface area contributed by atoms with Gasteiger partial charge in [-0.05, 0) is 28.1 Å². The molecule has 1 heterocycles. The molecule has 78 valence electrons. The van der Waals surface area contributed by atoms with E-state index < -0.39 is 0 Å². The fraction of sp³-hybridized carbons (Fsp3) is 0.100. The molecule has 0 radical (unpaired) electrons. The highest BCUT2D eigenvalue weighted by molar-refractivity contribution is 9.11. The molecule has 0 bridgehead atoms. The van der Waals surface area contributed by atoms with Crippen LogP contribution < -0.4 is 0 Å². The molecule has 0 saturated carbocycles. The second-order valence-corrected chi connectivity index (χ2v) is 5.22. The number of aliphatic hydroxyl groups is 1. The standard InChI is InChI=1S/C10H7BrFNOS/c11-9-8(5-14)13-10(15-9)6-2-1-3-7(12)4-6/h1-4,14H,5H2. The molecule has 0 amide bonds. The SMILES string of the molecule is OCc1nc(-c2cccc(F)c2)sc1Br. The van der Waals surface area contributed by atoms with Crippen LogP contribution in [0.4, 0.5) is 4.39 Å². The third-order valence-electron chi connectivity index (χ3n) is 1.87. The molecule has 15 heavy (non-hydrogen) atoms. The van der Waals surface area contributed by atoms with Crippen LogP contribution in [0.25, 0.3) is 10.6 Å². The third-order valence-corrected chi connectivity index (χ3v) is 3.75. The molecule has 1 aromatic heterocycles. The number of hydrogen-bond donors (Lipinski definition) is 1. The zero-order valence-electron chi connectivity index (χ0n) is 7.58. The normalized spacial score (nSPS) is 10.6. The average molecular weight is 288 g/mol. The van der Waals surface area contributed by atoms with Crippen molar-refractivity contribution < 1.29 is 9.50 Å². The minimum absolute atomic E-state index is 0.119. The summed E-state index contributed by atoms with van der Waals surface area (Å²) in [7, 11) is 0. The van der Waals surface area contributed by atoms with Crippen molar-refractivity contribution in [2.75, 3.05) is 0 Å². The second kappa shape index (κ2) is 4.38. The summed E-state index contributed by atoms with van der Waals surface area (Å²) < 4.78 is 13.7. The number of nitrogens with zero attached hydrogens (tertiary/aromatic N) is 1. The van der Waals surface area contributed by atoms with E-state index in [1.54, 1.807) is 12.1 Å². The van der Waals surface area contributed by atoms with Crippen molar-refractivity contribution in [3.8, 4) is 10.6 Å². The smallest absolute Gasteiger partial charge is 0.124 e. The molecule has 0 saturated heterocycles. The molecule has 0 aliphatic heterocycles. The summed E-state index contributed by atoms with van der Waals surface area (Å²) >= 11 is 4.67. The number of benzene rings is 1. The maximum atomic E-state index is 13.0. The van der Waals surface area contributed by atoms with E-state index in [1.165, 1.54) is 23.5 Å². The van der Waals surface area contributed by atoms with Crippen LogP contribution in [0, 0.1) is 5.82 Å². The van der Waals surface area contributed by atoms with E-state index >= 15 is 0 Å². The molecule has 0 aliphatic rings. The minimum atomic E-state index is -0.288. The Morgan fingerprint density at radius 3 is 2.87 bits per heavy atom. The fourth-order valence-electron chi connectivity index (χ4n) is 1.18. The predicted molar refractivity (Wildman–Crippen MR) is 61.1 cm³/mol. The van der Waals surface area contributed by atoms with Crippen molar-refractivity contribution in [3.05, 3.63) is 39.6 Å². The van der Waals surface area contributed by atoms with Crippen LogP contribution in [0.15, 0.2) is 28.1 Å². The van der Waals surface area contributed by atoms with Gasteiger partial charge < -0.3 is 5.11 Å². The number of aliphatic hydroxyl groups excluding tert-OH is 1. The van der Waals surface area contributed by atoms with Gasteiger partial charge in [-0.3, -0.25) is 0 Å². The first kappa shape index (κ1) is 10.7. The van der Waals surface area contributed by atoms with Crippen LogP contribution in [-0.4, -0.2) is 10.1 Å². The van der Waals surface area contributed by atoms with Crippen molar-refractivity contribution in [2.24, 2.45) is 0 Å². The Bertz CT molecular complexity index is 486. The summed E-state index contributed by atoms with van der Waals surface area (Å²) in [5.74, 6) is -0.288. The summed E-state index contributed by atoms with van der Waals surface area (Å²) in [6.45, 7) is -0.119. The molecule has 0 fully saturated rings. The van der Waals surface area contributed by atoms with Crippen molar-refractivity contribution in [1.82, 2.24) is 4.98 Å². The zero-order chi connectivity index (χ0) is 10.8. The van der Waals surface area contributed by atoms with Gasteiger partial charge in [0, 0.05) is 5.56 Å². The Balaban J connectivity index is 2.45. The molecule has 2 nitrogen and oxygen atoms in total. The maximum Gasteiger partial charge on any atom is 0.124 e. The Morgan fingerprint density at radius 2 is 2.27 bits per heavy atom. The van der Waals surface area contributed by atoms with Gasteiger partial charge in [-0.1, -0.05) is 12.1 Å². The Morgan fingerprint density at radius 1 is 1.47 bits per heavy atom. The van der Waals surface area contributed by atoms with E-state index in [4.69, 9.17) is 5.11 Å². The highest BCUT2D eigenvalue weighted by Gasteiger charge is 2.09. The summed E-state index contributed by atoms with van der Waals surface area (Å²) in [6, 6.07) is 6.24. The molecule has 0 spiro atoms. The first-order valence-corrected chi connectivity index (χ1v) is 5.83. The van der Waals surface area contributed by atoms with Gasteiger partial charge in [-0.25, -0.2) is 9.37 Å². The molecule has 5 heteroatoms. The fourth-order valence-corrected chi connectivity index (χ4v) is 2.65. The molecule has 2 rings (SSSR count). The van der Waals surface area contributed by atoms with E-state index in [2.05, 4.69) is 20.9 Å². The number of rotatable bonds is 2. The van der Waals surface area contributed by atoms with Crippen LogP contribution in [0.1, 0.15) is 5.69 Å². The molecule has 0 aliphatic carbocycles. The van der Waals surface area contributed by atoms with Crippen molar-refractivity contribution in [3.63, 3.8) is 0 Å². The lowest BCUT2D eigenvalue weighted by molar-refractivity contribution is 0.277. The van der Waals surface area contributed by atoms with E-state index in [1.807, 2.05) is 0 Å². The van der Waals surface area contributed by atoms with Crippen molar-refractivity contribution in [1.29, 1.82) is 0 Å². The van der Waals surface area contributed by atoms with Gasteiger partial charge in [-0.15, -0.1) is 11.3 Å². The quantitative estimate of drug-likeness (QED) is 0.920. The van der Waals surface area contributed by atoms with Gasteiger partial charge in [0.2, 0.25) is 0 Å². The summed E-state index contributed by atoms with van der Waals surface area (Å²) in [5, 5.41) is 9.67. The molecule has 2 aromatic rings. The lowest BCUT2D eigenvalue weighted by Crippen LogP contribution is -1.84. The zero-order valence-corrected chi connectivity index (χ0v) is 9.98. The highest BCUT2D eigenvalue weighted by Crippen LogP contribution is 2.32. The topological polar surface area (TPSA) is 33.1 Å². The third kappa shape index (κ3) is 2.25. The van der Waals surface area contributed by atoms with Gasteiger partial charge in [0.25, 0.3) is 0 Å². The number of halogens is 2. The van der Waals surface area contributed by atoms with Gasteiger partial charge >= 0.3 is 0 Å². The lowest BCUT2D eigenvalue weighted by Gasteiger charge is -1.94. The highest BCUT2D eigenvalue weighted by atomic mass is 79.9. The lowest BCUT2D eigenvalue weighted by atomic mass is 10.2. The average Bonchev–Trinajstić information content (AvgIpc) is 2.60. The minimum Gasteiger partial charge on any atom is -0.390 e. The Hall–Kier alpha value is -0.780. The molecule has 0 atom stereocenters.